The predicted molar refractivity (Wildman–Crippen MR) is 110 cm³/mol. The molecule has 1 aliphatic carbocycles. The number of ether oxygens (including phenoxy) is 2. The van der Waals surface area contributed by atoms with E-state index in [0.29, 0.717) is 13.0 Å². The second-order valence-electron chi connectivity index (χ2n) is 7.96. The van der Waals surface area contributed by atoms with Crippen LogP contribution >= 0.6 is 0 Å². The molecule has 3 rings (SSSR count). The van der Waals surface area contributed by atoms with Crippen molar-refractivity contribution in [1.29, 1.82) is 0 Å². The van der Waals surface area contributed by atoms with Crippen LogP contribution in [0.3, 0.4) is 0 Å². The first kappa shape index (κ1) is 21.2. The summed E-state index contributed by atoms with van der Waals surface area (Å²) in [5, 5.41) is 2.94. The Hall–Kier alpha value is -2.52. The number of nitrogens with zero attached hydrogens (tertiary/aromatic N) is 1. The maximum absolute atomic E-state index is 12.7. The van der Waals surface area contributed by atoms with Crippen LogP contribution < -0.4 is 5.32 Å². The third kappa shape index (κ3) is 4.40. The van der Waals surface area contributed by atoms with E-state index in [-0.39, 0.29) is 24.0 Å². The molecular formula is C23H30N2O4. The minimum absolute atomic E-state index is 0.0271. The van der Waals surface area contributed by atoms with Gasteiger partial charge in [-0.25, -0.2) is 4.79 Å². The molecule has 1 aromatic carbocycles. The zero-order valence-corrected chi connectivity index (χ0v) is 17.7. The molecule has 0 bridgehead atoms. The van der Waals surface area contributed by atoms with Crippen molar-refractivity contribution in [3.63, 3.8) is 0 Å². The van der Waals surface area contributed by atoms with Gasteiger partial charge in [0.1, 0.15) is 6.04 Å². The molecule has 1 aromatic rings. The van der Waals surface area contributed by atoms with Gasteiger partial charge >= 0.3 is 12.1 Å². The number of fused-ring (bicyclic) bond motifs is 1. The minimum Gasteiger partial charge on any atom is -0.453 e. The van der Waals surface area contributed by atoms with E-state index in [1.807, 2.05) is 31.2 Å². The Bertz CT molecular complexity index is 828. The maximum Gasteiger partial charge on any atom is 0.409 e. The molecule has 6 heteroatoms. The molecule has 0 unspecified atom stereocenters. The number of amides is 1. The lowest BCUT2D eigenvalue weighted by Gasteiger charge is -2.42. The highest BCUT2D eigenvalue weighted by Crippen LogP contribution is 2.45. The number of hydrogen-bond donors (Lipinski definition) is 1. The van der Waals surface area contributed by atoms with Crippen LogP contribution in [0.2, 0.25) is 0 Å². The number of rotatable bonds is 3. The topological polar surface area (TPSA) is 67.9 Å². The number of likely N-dealkylation sites (N-methyl/N-ethyl adjacent to an activating group) is 1. The van der Waals surface area contributed by atoms with Gasteiger partial charge in [-0.1, -0.05) is 18.1 Å². The Balaban J connectivity index is 1.97. The SMILES string of the molecule is CN[C@@H](C)C(=O)O[C@@]1(C#Cc2cccc(C)c2)CCC[C@@H]2[C@H]1CCN2C(=O)OC. The molecule has 29 heavy (non-hydrogen) atoms. The van der Waals surface area contributed by atoms with Crippen LogP contribution in [0, 0.1) is 24.7 Å². The Labute approximate surface area is 172 Å². The van der Waals surface area contributed by atoms with Gasteiger partial charge in [-0.15, -0.1) is 0 Å². The summed E-state index contributed by atoms with van der Waals surface area (Å²) in [5.74, 6) is 6.24. The van der Waals surface area contributed by atoms with Gasteiger partial charge in [-0.2, -0.15) is 0 Å². The van der Waals surface area contributed by atoms with Gasteiger partial charge in [-0.05, 0) is 70.2 Å². The van der Waals surface area contributed by atoms with E-state index in [1.165, 1.54) is 7.11 Å². The van der Waals surface area contributed by atoms with Crippen LogP contribution in [-0.4, -0.2) is 55.3 Å². The van der Waals surface area contributed by atoms with Crippen LogP contribution in [0.25, 0.3) is 0 Å². The summed E-state index contributed by atoms with van der Waals surface area (Å²) >= 11 is 0. The highest BCUT2D eigenvalue weighted by molar-refractivity contribution is 5.76. The Morgan fingerprint density at radius 2 is 2.14 bits per heavy atom. The molecule has 1 aliphatic heterocycles. The fourth-order valence-corrected chi connectivity index (χ4v) is 4.45. The van der Waals surface area contributed by atoms with E-state index in [4.69, 9.17) is 9.47 Å². The first-order valence-electron chi connectivity index (χ1n) is 10.2. The summed E-state index contributed by atoms with van der Waals surface area (Å²) in [7, 11) is 3.13. The zero-order valence-electron chi connectivity index (χ0n) is 17.7. The summed E-state index contributed by atoms with van der Waals surface area (Å²) in [5.41, 5.74) is 1.12. The molecule has 6 nitrogen and oxygen atoms in total. The maximum atomic E-state index is 12.7. The van der Waals surface area contributed by atoms with Gasteiger partial charge in [0.15, 0.2) is 5.60 Å². The van der Waals surface area contributed by atoms with Crippen molar-refractivity contribution in [2.45, 2.75) is 57.2 Å². The quantitative estimate of drug-likeness (QED) is 0.626. The minimum atomic E-state index is -0.905. The smallest absolute Gasteiger partial charge is 0.409 e. The van der Waals surface area contributed by atoms with Crippen LogP contribution in [-0.2, 0) is 14.3 Å². The number of aryl methyl sites for hydroxylation is 1. The monoisotopic (exact) mass is 398 g/mol. The van der Waals surface area contributed by atoms with Crippen molar-refractivity contribution < 1.29 is 19.1 Å². The van der Waals surface area contributed by atoms with E-state index in [1.54, 1.807) is 18.9 Å². The zero-order chi connectivity index (χ0) is 21.0. The number of nitrogens with one attached hydrogen (secondary N) is 1. The van der Waals surface area contributed by atoms with Gasteiger partial charge < -0.3 is 19.7 Å². The lowest BCUT2D eigenvalue weighted by molar-refractivity contribution is -0.164. The first-order valence-corrected chi connectivity index (χ1v) is 10.2. The number of likely N-dealkylation sites (tertiary alicyclic amines) is 1. The first-order chi connectivity index (χ1) is 13.9. The van der Waals surface area contributed by atoms with Crippen molar-refractivity contribution in [2.24, 2.45) is 5.92 Å². The highest BCUT2D eigenvalue weighted by Gasteiger charge is 2.54. The summed E-state index contributed by atoms with van der Waals surface area (Å²) in [4.78, 5) is 26.7. The van der Waals surface area contributed by atoms with Gasteiger partial charge in [0.25, 0.3) is 0 Å². The standard InChI is InChI=1S/C23H30N2O4/c1-16-7-5-8-18(15-16)10-13-23(29-21(26)17(2)24-3)12-6-9-20-19(23)11-14-25(20)22(27)28-4/h5,7-8,15,17,19-20,24H,6,9,11-12,14H2,1-4H3/t17-,19+,20+,23+/m0/s1. The third-order valence-corrected chi connectivity index (χ3v) is 6.11. The van der Waals surface area contributed by atoms with Gasteiger partial charge in [0, 0.05) is 24.1 Å². The van der Waals surface area contributed by atoms with E-state index in [0.717, 1.165) is 30.4 Å². The van der Waals surface area contributed by atoms with E-state index in [9.17, 15) is 9.59 Å². The molecule has 156 valence electrons. The van der Waals surface area contributed by atoms with Gasteiger partial charge in [-0.3, -0.25) is 4.79 Å². The van der Waals surface area contributed by atoms with Crippen LogP contribution in [0.5, 0.6) is 0 Å². The van der Waals surface area contributed by atoms with Crippen molar-refractivity contribution in [2.75, 3.05) is 20.7 Å². The largest absolute Gasteiger partial charge is 0.453 e. The second kappa shape index (κ2) is 8.87. The van der Waals surface area contributed by atoms with E-state index < -0.39 is 11.6 Å². The van der Waals surface area contributed by atoms with Crippen molar-refractivity contribution in [3.8, 4) is 11.8 Å². The molecule has 0 radical (unpaired) electrons. The molecular weight excluding hydrogens is 368 g/mol. The predicted octanol–water partition coefficient (Wildman–Crippen LogP) is 2.88. The summed E-state index contributed by atoms with van der Waals surface area (Å²) in [6.45, 7) is 4.40. The molecule has 1 amide bonds. The number of esters is 1. The van der Waals surface area contributed by atoms with Crippen LogP contribution in [0.15, 0.2) is 24.3 Å². The number of methoxy groups -OCH3 is 1. The third-order valence-electron chi connectivity index (χ3n) is 6.11. The molecule has 0 aromatic heterocycles. The molecule has 0 spiro atoms. The van der Waals surface area contributed by atoms with Crippen molar-refractivity contribution >= 4 is 12.1 Å². The number of carbonyl (C=O) groups excluding carboxylic acids is 2. The average molecular weight is 399 g/mol. The normalized spacial score (nSPS) is 26.7. The molecule has 1 saturated heterocycles. The lowest BCUT2D eigenvalue weighted by Crippen LogP contribution is -2.53. The van der Waals surface area contributed by atoms with Crippen LogP contribution in [0.4, 0.5) is 4.79 Å². The molecule has 2 aliphatic rings. The molecule has 4 atom stereocenters. The van der Waals surface area contributed by atoms with E-state index >= 15 is 0 Å². The summed E-state index contributed by atoms with van der Waals surface area (Å²) < 4.78 is 11.1. The van der Waals surface area contributed by atoms with Crippen LogP contribution in [0.1, 0.15) is 43.7 Å². The summed E-state index contributed by atoms with van der Waals surface area (Å²) in [6.07, 6.45) is 2.79. The van der Waals surface area contributed by atoms with Gasteiger partial charge in [0.2, 0.25) is 0 Å². The average Bonchev–Trinajstić information content (AvgIpc) is 3.17. The number of hydrogen-bond acceptors (Lipinski definition) is 5. The Morgan fingerprint density at radius 1 is 1.34 bits per heavy atom. The van der Waals surface area contributed by atoms with Crippen molar-refractivity contribution in [1.82, 2.24) is 10.2 Å². The van der Waals surface area contributed by atoms with Gasteiger partial charge in [0.05, 0.1) is 7.11 Å². The lowest BCUT2D eigenvalue weighted by atomic mass is 9.72. The van der Waals surface area contributed by atoms with E-state index in [2.05, 4.69) is 17.2 Å². The second-order valence-corrected chi connectivity index (χ2v) is 7.96. The summed E-state index contributed by atoms with van der Waals surface area (Å²) in [6, 6.07) is 7.53. The molecule has 2 fully saturated rings. The molecule has 1 saturated carbocycles. The fraction of sp³-hybridized carbons (Fsp3) is 0.565. The fourth-order valence-electron chi connectivity index (χ4n) is 4.45. The van der Waals surface area contributed by atoms with Crippen molar-refractivity contribution in [3.05, 3.63) is 35.4 Å². The Morgan fingerprint density at radius 3 is 2.83 bits per heavy atom. The number of benzene rings is 1. The highest BCUT2D eigenvalue weighted by atomic mass is 16.6. The Kier molecular flexibility index (Phi) is 6.49. The molecule has 1 N–H and O–H groups in total. The number of carbonyl (C=O) groups is 2. The molecule has 1 heterocycles.